The second-order valence-electron chi connectivity index (χ2n) is 6.05. The predicted octanol–water partition coefficient (Wildman–Crippen LogP) is 1.65. The number of ether oxygens (including phenoxy) is 2. The fraction of sp³-hybridized carbons (Fsp3) is 0.500. The zero-order chi connectivity index (χ0) is 19.6. The molecule has 0 spiro atoms. The number of halogens is 1. The summed E-state index contributed by atoms with van der Waals surface area (Å²) in [6.07, 6.45) is 1.99. The molecular weight excluding hydrogens is 388 g/mol. The highest BCUT2D eigenvalue weighted by Crippen LogP contribution is 2.32. The Hall–Kier alpha value is -2.36. The van der Waals surface area contributed by atoms with E-state index in [0.717, 1.165) is 6.42 Å². The molecule has 1 saturated heterocycles. The summed E-state index contributed by atoms with van der Waals surface area (Å²) in [6.45, 7) is 1.98. The second kappa shape index (κ2) is 12.2. The molecule has 9 nitrogen and oxygen atoms in total. The van der Waals surface area contributed by atoms with Crippen LogP contribution in [-0.4, -0.2) is 51.3 Å². The van der Waals surface area contributed by atoms with Gasteiger partial charge in [-0.25, -0.2) is 4.79 Å². The van der Waals surface area contributed by atoms with Crippen molar-refractivity contribution in [2.45, 2.75) is 25.7 Å². The maximum Gasteiger partial charge on any atom is 0.328 e. The van der Waals surface area contributed by atoms with Crippen molar-refractivity contribution >= 4 is 41.6 Å². The molecule has 2 rings (SSSR count). The van der Waals surface area contributed by atoms with E-state index in [-0.39, 0.29) is 37.2 Å². The molecule has 0 aliphatic carbocycles. The quantitative estimate of drug-likeness (QED) is 0.500. The molecule has 0 aromatic heterocycles. The van der Waals surface area contributed by atoms with Crippen LogP contribution in [0, 0.1) is 0 Å². The van der Waals surface area contributed by atoms with Crippen molar-refractivity contribution in [2.75, 3.05) is 43.6 Å². The predicted molar refractivity (Wildman–Crippen MR) is 108 cm³/mol. The van der Waals surface area contributed by atoms with Gasteiger partial charge in [0.1, 0.15) is 5.75 Å². The van der Waals surface area contributed by atoms with E-state index in [1.165, 1.54) is 12.0 Å². The van der Waals surface area contributed by atoms with Gasteiger partial charge in [0.15, 0.2) is 0 Å². The lowest BCUT2D eigenvalue weighted by Crippen LogP contribution is -2.49. The van der Waals surface area contributed by atoms with Crippen LogP contribution in [-0.2, 0) is 14.3 Å². The van der Waals surface area contributed by atoms with Gasteiger partial charge in [-0.15, -0.1) is 12.4 Å². The van der Waals surface area contributed by atoms with Crippen LogP contribution in [0.15, 0.2) is 18.2 Å². The molecule has 4 N–H and O–H groups in total. The highest BCUT2D eigenvalue weighted by Gasteiger charge is 2.26. The molecule has 1 aliphatic heterocycles. The number of imide groups is 1. The van der Waals surface area contributed by atoms with E-state index >= 15 is 0 Å². The summed E-state index contributed by atoms with van der Waals surface area (Å²) >= 11 is 0. The summed E-state index contributed by atoms with van der Waals surface area (Å²) < 4.78 is 10.7. The minimum Gasteiger partial charge on any atom is -0.494 e. The highest BCUT2D eigenvalue weighted by atomic mass is 35.5. The number of urea groups is 1. The first-order valence-corrected chi connectivity index (χ1v) is 8.92. The Morgan fingerprint density at radius 2 is 2.04 bits per heavy atom. The third kappa shape index (κ3) is 6.99. The number of carbonyl (C=O) groups is 3. The Morgan fingerprint density at radius 3 is 2.71 bits per heavy atom. The van der Waals surface area contributed by atoms with Gasteiger partial charge in [0, 0.05) is 44.4 Å². The number of hydrogen-bond donors (Lipinski definition) is 3. The third-order valence-electron chi connectivity index (χ3n) is 3.99. The topological polar surface area (TPSA) is 123 Å². The molecule has 1 aromatic rings. The van der Waals surface area contributed by atoms with E-state index in [4.69, 9.17) is 15.2 Å². The molecule has 4 amide bonds. The van der Waals surface area contributed by atoms with Gasteiger partial charge in [-0.2, -0.15) is 0 Å². The van der Waals surface area contributed by atoms with E-state index in [9.17, 15) is 14.4 Å². The number of carbonyl (C=O) groups excluding carboxylic acids is 3. The van der Waals surface area contributed by atoms with Gasteiger partial charge in [-0.3, -0.25) is 19.8 Å². The monoisotopic (exact) mass is 414 g/mol. The molecule has 1 aliphatic rings. The van der Waals surface area contributed by atoms with E-state index in [0.29, 0.717) is 49.7 Å². The fourth-order valence-corrected chi connectivity index (χ4v) is 2.62. The summed E-state index contributed by atoms with van der Waals surface area (Å²) in [5, 5.41) is 5.07. The van der Waals surface area contributed by atoms with Crippen LogP contribution in [0.2, 0.25) is 0 Å². The number of nitrogens with zero attached hydrogens (tertiary/aromatic N) is 1. The Labute approximate surface area is 170 Å². The average Bonchev–Trinajstić information content (AvgIpc) is 2.65. The molecule has 28 heavy (non-hydrogen) atoms. The number of anilines is 2. The SMILES string of the molecule is COc1cc(NC(=O)CCCOCCCN)ccc1N1CCC(=O)NC1=O.Cl. The van der Waals surface area contributed by atoms with Gasteiger partial charge in [0.25, 0.3) is 0 Å². The molecule has 10 heteroatoms. The Morgan fingerprint density at radius 1 is 1.29 bits per heavy atom. The van der Waals surface area contributed by atoms with Crippen LogP contribution in [0.25, 0.3) is 0 Å². The van der Waals surface area contributed by atoms with Crippen LogP contribution in [0.1, 0.15) is 25.7 Å². The molecule has 156 valence electrons. The zero-order valence-electron chi connectivity index (χ0n) is 15.9. The largest absolute Gasteiger partial charge is 0.494 e. The number of hydrogen-bond acceptors (Lipinski definition) is 6. The summed E-state index contributed by atoms with van der Waals surface area (Å²) in [6, 6.07) is 4.53. The third-order valence-corrected chi connectivity index (χ3v) is 3.99. The van der Waals surface area contributed by atoms with Crippen molar-refractivity contribution in [3.05, 3.63) is 18.2 Å². The minimum absolute atomic E-state index is 0. The first-order valence-electron chi connectivity index (χ1n) is 8.92. The molecule has 0 radical (unpaired) electrons. The van der Waals surface area contributed by atoms with Gasteiger partial charge >= 0.3 is 6.03 Å². The van der Waals surface area contributed by atoms with Gasteiger partial charge < -0.3 is 20.5 Å². The normalized spacial score (nSPS) is 13.6. The Kier molecular flexibility index (Phi) is 10.3. The number of amides is 4. The molecule has 1 fully saturated rings. The fourth-order valence-electron chi connectivity index (χ4n) is 2.62. The smallest absolute Gasteiger partial charge is 0.328 e. The molecule has 1 aromatic carbocycles. The van der Waals surface area contributed by atoms with Crippen molar-refractivity contribution in [1.29, 1.82) is 0 Å². The van der Waals surface area contributed by atoms with Crippen LogP contribution < -0.4 is 26.0 Å². The maximum absolute atomic E-state index is 12.0. The lowest BCUT2D eigenvalue weighted by Gasteiger charge is -2.28. The van der Waals surface area contributed by atoms with Crippen LogP contribution in [0.4, 0.5) is 16.2 Å². The lowest BCUT2D eigenvalue weighted by molar-refractivity contribution is -0.120. The van der Waals surface area contributed by atoms with E-state index in [1.54, 1.807) is 18.2 Å². The first-order chi connectivity index (χ1) is 13.0. The lowest BCUT2D eigenvalue weighted by atomic mass is 10.2. The molecule has 1 heterocycles. The summed E-state index contributed by atoms with van der Waals surface area (Å²) in [5.41, 5.74) is 6.48. The van der Waals surface area contributed by atoms with Crippen molar-refractivity contribution < 1.29 is 23.9 Å². The molecular formula is C18H27ClN4O5. The molecule has 0 saturated carbocycles. The van der Waals surface area contributed by atoms with Crippen LogP contribution in [0.5, 0.6) is 5.75 Å². The van der Waals surface area contributed by atoms with Crippen LogP contribution in [0.3, 0.4) is 0 Å². The summed E-state index contributed by atoms with van der Waals surface area (Å²) in [7, 11) is 1.48. The zero-order valence-corrected chi connectivity index (χ0v) is 16.7. The van der Waals surface area contributed by atoms with Crippen molar-refractivity contribution in [3.8, 4) is 5.75 Å². The minimum atomic E-state index is -0.490. The van der Waals surface area contributed by atoms with Crippen molar-refractivity contribution in [2.24, 2.45) is 5.73 Å². The van der Waals surface area contributed by atoms with E-state index in [1.807, 2.05) is 0 Å². The first kappa shape index (κ1) is 23.7. The van der Waals surface area contributed by atoms with E-state index in [2.05, 4.69) is 10.6 Å². The number of nitrogens with two attached hydrogens (primary N) is 1. The van der Waals surface area contributed by atoms with Gasteiger partial charge in [0.05, 0.1) is 12.8 Å². The molecule has 0 unspecified atom stereocenters. The second-order valence-corrected chi connectivity index (χ2v) is 6.05. The van der Waals surface area contributed by atoms with Gasteiger partial charge in [0.2, 0.25) is 11.8 Å². The average molecular weight is 415 g/mol. The standard InChI is InChI=1S/C18H26N4O5.ClH/c1-26-15-12-13(20-16(23)4-2-10-27-11-3-8-19)5-6-14(15)22-9-7-17(24)21-18(22)25;/h5-6,12H,2-4,7-11,19H2,1H3,(H,20,23)(H,21,24,25);1H. The maximum atomic E-state index is 12.0. The number of nitrogens with one attached hydrogen (secondary N) is 2. The van der Waals surface area contributed by atoms with Crippen LogP contribution >= 0.6 is 12.4 Å². The Bertz CT molecular complexity index is 686. The summed E-state index contributed by atoms with van der Waals surface area (Å²) in [5.74, 6) is 0.00191. The number of benzene rings is 1. The van der Waals surface area contributed by atoms with Crippen molar-refractivity contribution in [1.82, 2.24) is 5.32 Å². The summed E-state index contributed by atoms with van der Waals surface area (Å²) in [4.78, 5) is 36.8. The Balaban J connectivity index is 0.00000392. The molecule has 0 bridgehead atoms. The number of methoxy groups -OCH3 is 1. The van der Waals surface area contributed by atoms with E-state index < -0.39 is 6.03 Å². The van der Waals surface area contributed by atoms with Gasteiger partial charge in [-0.05, 0) is 31.5 Å². The van der Waals surface area contributed by atoms with Gasteiger partial charge in [-0.1, -0.05) is 0 Å². The van der Waals surface area contributed by atoms with Crippen molar-refractivity contribution in [3.63, 3.8) is 0 Å². The number of rotatable bonds is 10. The molecule has 0 atom stereocenters. The highest BCUT2D eigenvalue weighted by molar-refractivity contribution is 6.06.